The lowest BCUT2D eigenvalue weighted by atomic mass is 10.1. The Hall–Kier alpha value is -2.48. The van der Waals surface area contributed by atoms with E-state index >= 15 is 0 Å². The van der Waals surface area contributed by atoms with Gasteiger partial charge in [-0.2, -0.15) is 0 Å². The first kappa shape index (κ1) is 16.4. The van der Waals surface area contributed by atoms with Gasteiger partial charge in [0, 0.05) is 6.07 Å². The van der Waals surface area contributed by atoms with Gasteiger partial charge in [-0.15, -0.1) is 0 Å². The summed E-state index contributed by atoms with van der Waals surface area (Å²) in [7, 11) is 0. The Bertz CT molecular complexity index is 635. The van der Waals surface area contributed by atoms with Crippen LogP contribution in [0.3, 0.4) is 0 Å². The van der Waals surface area contributed by atoms with Crippen molar-refractivity contribution in [3.8, 4) is 17.2 Å². The third-order valence-corrected chi connectivity index (χ3v) is 3.86. The van der Waals surface area contributed by atoms with Crippen molar-refractivity contribution in [2.24, 2.45) is 0 Å². The largest absolute Gasteiger partial charge is 0.491 e. The van der Waals surface area contributed by atoms with Crippen molar-refractivity contribution < 1.29 is 28.9 Å². The van der Waals surface area contributed by atoms with Gasteiger partial charge in [-0.3, -0.25) is 9.69 Å². The van der Waals surface area contributed by atoms with E-state index < -0.39 is 18.2 Å². The highest BCUT2D eigenvalue weighted by Crippen LogP contribution is 2.35. The third kappa shape index (κ3) is 3.38. The molecule has 8 heteroatoms. The predicted octanol–water partition coefficient (Wildman–Crippen LogP) is 0.875. The number of rotatable bonds is 7. The van der Waals surface area contributed by atoms with Crippen LogP contribution < -0.4 is 19.5 Å². The van der Waals surface area contributed by atoms with Crippen LogP contribution in [0.15, 0.2) is 18.2 Å². The number of benzene rings is 1. The monoisotopic (exact) mass is 336 g/mol. The number of ether oxygens (including phenoxy) is 3. The molecule has 0 saturated carbocycles. The lowest BCUT2D eigenvalue weighted by Crippen LogP contribution is -2.40. The predicted molar refractivity (Wildman–Crippen MR) is 83.0 cm³/mol. The molecule has 1 aromatic rings. The molecule has 24 heavy (non-hydrogen) atoms. The highest BCUT2D eigenvalue weighted by Gasteiger charge is 2.38. The van der Waals surface area contributed by atoms with E-state index in [2.05, 4.69) is 5.32 Å². The molecular weight excluding hydrogens is 316 g/mol. The van der Waals surface area contributed by atoms with Gasteiger partial charge in [0.05, 0.1) is 6.54 Å². The fourth-order valence-electron chi connectivity index (χ4n) is 2.66. The molecule has 0 aromatic heterocycles. The van der Waals surface area contributed by atoms with Crippen LogP contribution in [0.4, 0.5) is 4.79 Å². The molecule has 2 atom stereocenters. The van der Waals surface area contributed by atoms with Crippen molar-refractivity contribution in [1.29, 1.82) is 0 Å². The van der Waals surface area contributed by atoms with Gasteiger partial charge >= 0.3 is 6.03 Å². The number of hydrogen-bond acceptors (Lipinski definition) is 6. The van der Waals surface area contributed by atoms with Gasteiger partial charge in [-0.1, -0.05) is 13.3 Å². The molecule has 0 spiro atoms. The zero-order chi connectivity index (χ0) is 17.1. The number of amides is 3. The Kier molecular flexibility index (Phi) is 4.75. The van der Waals surface area contributed by atoms with Crippen LogP contribution in [0.5, 0.6) is 17.2 Å². The number of carbonyl (C=O) groups is 2. The summed E-state index contributed by atoms with van der Waals surface area (Å²) in [6, 6.07) is 4.12. The highest BCUT2D eigenvalue weighted by atomic mass is 16.7. The average Bonchev–Trinajstić information content (AvgIpc) is 3.13. The number of nitrogens with one attached hydrogen (secondary N) is 1. The van der Waals surface area contributed by atoms with Crippen LogP contribution in [0.25, 0.3) is 0 Å². The summed E-state index contributed by atoms with van der Waals surface area (Å²) in [5, 5.41) is 12.7. The Morgan fingerprint density at radius 1 is 1.38 bits per heavy atom. The number of β-amino-alcohol motifs (C(OH)–C–C–N with tert-alkyl or cyclic N) is 1. The summed E-state index contributed by atoms with van der Waals surface area (Å²) in [5.74, 6) is 1.44. The van der Waals surface area contributed by atoms with Crippen molar-refractivity contribution in [2.45, 2.75) is 31.9 Å². The molecule has 1 saturated heterocycles. The van der Waals surface area contributed by atoms with Gasteiger partial charge in [0.25, 0.3) is 5.91 Å². The second kappa shape index (κ2) is 6.96. The summed E-state index contributed by atoms with van der Waals surface area (Å²) in [5.41, 5.74) is 0. The van der Waals surface area contributed by atoms with Crippen LogP contribution >= 0.6 is 0 Å². The number of aliphatic hydroxyl groups excluding tert-OH is 1. The van der Waals surface area contributed by atoms with Crippen LogP contribution in [0, 0.1) is 0 Å². The number of aliphatic hydroxyl groups is 1. The van der Waals surface area contributed by atoms with E-state index in [0.717, 1.165) is 11.3 Å². The molecule has 1 fully saturated rings. The molecule has 2 aliphatic heterocycles. The topological polar surface area (TPSA) is 97.3 Å². The Labute approximate surface area is 139 Å². The van der Waals surface area contributed by atoms with Crippen LogP contribution in [-0.2, 0) is 4.79 Å². The lowest BCUT2D eigenvalue weighted by Gasteiger charge is -2.18. The van der Waals surface area contributed by atoms with Crippen molar-refractivity contribution in [2.75, 3.05) is 19.9 Å². The normalized spacial score (nSPS) is 20.2. The first-order valence-electron chi connectivity index (χ1n) is 7.91. The minimum atomic E-state index is -0.981. The van der Waals surface area contributed by atoms with Crippen LogP contribution in [0.1, 0.15) is 19.8 Å². The molecule has 0 bridgehead atoms. The smallest absolute Gasteiger partial charge is 0.324 e. The molecule has 3 amide bonds. The molecule has 2 aliphatic rings. The van der Waals surface area contributed by atoms with E-state index in [-0.39, 0.29) is 25.9 Å². The SMILES string of the molecule is CCC[C@H]1NC(=O)N(C[C@@H](O)COc2ccc3c(c2)OCO3)C1=O. The van der Waals surface area contributed by atoms with Gasteiger partial charge in [0.15, 0.2) is 11.5 Å². The number of hydrogen-bond donors (Lipinski definition) is 2. The standard InChI is InChI=1S/C16H20N2O6/c1-2-3-12-15(20)18(16(21)17-12)7-10(19)8-22-11-4-5-13-14(6-11)24-9-23-13/h4-6,10,12,19H,2-3,7-9H2,1H3,(H,17,21)/t10-,12-/m1/s1. The van der Waals surface area contributed by atoms with Crippen LogP contribution in [0.2, 0.25) is 0 Å². The molecular formula is C16H20N2O6. The van der Waals surface area contributed by atoms with E-state index in [4.69, 9.17) is 14.2 Å². The van der Waals surface area contributed by atoms with Gasteiger partial charge in [-0.25, -0.2) is 4.79 Å². The molecule has 2 heterocycles. The van der Waals surface area contributed by atoms with E-state index in [1.54, 1.807) is 18.2 Å². The molecule has 130 valence electrons. The summed E-state index contributed by atoms with van der Waals surface area (Å²) in [6.07, 6.45) is 0.399. The van der Waals surface area contributed by atoms with E-state index in [1.165, 1.54) is 0 Å². The second-order valence-electron chi connectivity index (χ2n) is 5.72. The molecule has 3 rings (SSSR count). The van der Waals surface area contributed by atoms with Crippen molar-refractivity contribution >= 4 is 11.9 Å². The van der Waals surface area contributed by atoms with Crippen LogP contribution in [-0.4, -0.2) is 54.0 Å². The van der Waals surface area contributed by atoms with E-state index in [1.807, 2.05) is 6.92 Å². The van der Waals surface area contributed by atoms with E-state index in [0.29, 0.717) is 23.7 Å². The number of carbonyl (C=O) groups excluding carboxylic acids is 2. The summed E-state index contributed by atoms with van der Waals surface area (Å²) in [6.45, 7) is 1.97. The van der Waals surface area contributed by atoms with Crippen molar-refractivity contribution in [3.05, 3.63) is 18.2 Å². The molecule has 0 unspecified atom stereocenters. The molecule has 0 aliphatic carbocycles. The highest BCUT2D eigenvalue weighted by molar-refractivity contribution is 6.04. The molecule has 1 aromatic carbocycles. The zero-order valence-corrected chi connectivity index (χ0v) is 13.4. The van der Waals surface area contributed by atoms with Gasteiger partial charge < -0.3 is 24.6 Å². The third-order valence-electron chi connectivity index (χ3n) is 3.86. The quantitative estimate of drug-likeness (QED) is 0.717. The maximum absolute atomic E-state index is 12.1. The fourth-order valence-corrected chi connectivity index (χ4v) is 2.66. The summed E-state index contributed by atoms with van der Waals surface area (Å²) in [4.78, 5) is 25.0. The number of urea groups is 1. The Balaban J connectivity index is 1.51. The minimum absolute atomic E-state index is 0.0465. The Morgan fingerprint density at radius 3 is 2.96 bits per heavy atom. The van der Waals surface area contributed by atoms with E-state index in [9.17, 15) is 14.7 Å². The van der Waals surface area contributed by atoms with Crippen molar-refractivity contribution in [3.63, 3.8) is 0 Å². The number of imide groups is 1. The van der Waals surface area contributed by atoms with Gasteiger partial charge in [0.1, 0.15) is 24.5 Å². The first-order chi connectivity index (χ1) is 11.6. The molecule has 0 radical (unpaired) electrons. The fraction of sp³-hybridized carbons (Fsp3) is 0.500. The average molecular weight is 336 g/mol. The van der Waals surface area contributed by atoms with Crippen molar-refractivity contribution in [1.82, 2.24) is 10.2 Å². The number of nitrogens with zero attached hydrogens (tertiary/aromatic N) is 1. The summed E-state index contributed by atoms with van der Waals surface area (Å²) >= 11 is 0. The molecule has 8 nitrogen and oxygen atoms in total. The number of fused-ring (bicyclic) bond motifs is 1. The summed E-state index contributed by atoms with van der Waals surface area (Å²) < 4.78 is 15.9. The lowest BCUT2D eigenvalue weighted by molar-refractivity contribution is -0.128. The van der Waals surface area contributed by atoms with Gasteiger partial charge in [-0.05, 0) is 18.6 Å². The second-order valence-corrected chi connectivity index (χ2v) is 5.72. The maximum Gasteiger partial charge on any atom is 0.324 e. The molecule has 2 N–H and O–H groups in total. The minimum Gasteiger partial charge on any atom is -0.491 e. The first-order valence-corrected chi connectivity index (χ1v) is 7.91. The van der Waals surface area contributed by atoms with Gasteiger partial charge in [0.2, 0.25) is 6.79 Å². The zero-order valence-electron chi connectivity index (χ0n) is 13.4. The maximum atomic E-state index is 12.1. The Morgan fingerprint density at radius 2 is 2.17 bits per heavy atom.